The van der Waals surface area contributed by atoms with Crippen molar-refractivity contribution >= 4 is 47.2 Å². The molecule has 38 heavy (non-hydrogen) atoms. The van der Waals surface area contributed by atoms with Crippen molar-refractivity contribution in [3.8, 4) is 0 Å². The second-order valence-electron chi connectivity index (χ2n) is 8.18. The first-order valence-electron chi connectivity index (χ1n) is 11.0. The topological polar surface area (TPSA) is 67.8 Å². The van der Waals surface area contributed by atoms with E-state index in [1.165, 1.54) is 6.07 Å². The normalized spacial score (nSPS) is 14.5. The highest BCUT2D eigenvalue weighted by Gasteiger charge is 2.40. The molecule has 2 rings (SSSR count). The van der Waals surface area contributed by atoms with Gasteiger partial charge in [0.05, 0.1) is 0 Å². The highest BCUT2D eigenvalue weighted by Crippen LogP contribution is 2.40. The number of ketones is 1. The number of hydrogen-bond acceptors (Lipinski definition) is 4. The molecule has 0 heterocycles. The molecule has 0 aliphatic rings. The van der Waals surface area contributed by atoms with Crippen molar-refractivity contribution in [1.82, 2.24) is 0 Å². The molecule has 0 aliphatic heterocycles. The van der Waals surface area contributed by atoms with E-state index in [9.17, 15) is 26.7 Å². The molecule has 0 saturated carbocycles. The first-order chi connectivity index (χ1) is 17.5. The van der Waals surface area contributed by atoms with Crippen LogP contribution < -0.4 is 5.73 Å². The lowest BCUT2D eigenvalue weighted by molar-refractivity contribution is -0.139. The number of carbonyl (C=O) groups is 1. The van der Waals surface area contributed by atoms with Gasteiger partial charge in [-0.3, -0.25) is 20.5 Å². The van der Waals surface area contributed by atoms with Crippen molar-refractivity contribution in [3.05, 3.63) is 86.0 Å². The number of benzene rings is 2. The SMILES string of the molecule is C=N/C(Cl)=C\C(=NCC)C(=O)c1ccc(/C(F)=C/C(c2cc(C)c(C)c(Cl)c2)C(F)(F)F)cc1C(N)(F)F. The monoisotopic (exact) mass is 577 g/mol. The zero-order chi connectivity index (χ0) is 29.0. The Balaban J connectivity index is 2.68. The van der Waals surface area contributed by atoms with Crippen LogP contribution in [0, 0.1) is 13.8 Å². The lowest BCUT2D eigenvalue weighted by atomic mass is 9.92. The summed E-state index contributed by atoms with van der Waals surface area (Å²) < 4.78 is 85.5. The van der Waals surface area contributed by atoms with Crippen molar-refractivity contribution in [1.29, 1.82) is 0 Å². The summed E-state index contributed by atoms with van der Waals surface area (Å²) in [5.74, 6) is -4.94. The first-order valence-corrected chi connectivity index (χ1v) is 11.7. The van der Waals surface area contributed by atoms with Crippen LogP contribution in [0.3, 0.4) is 0 Å². The maximum absolute atomic E-state index is 15.2. The van der Waals surface area contributed by atoms with Crippen molar-refractivity contribution < 1.29 is 31.1 Å². The van der Waals surface area contributed by atoms with E-state index in [2.05, 4.69) is 16.7 Å². The molecular weight excluding hydrogens is 555 g/mol. The second kappa shape index (κ2) is 12.3. The van der Waals surface area contributed by atoms with E-state index in [4.69, 9.17) is 28.9 Å². The Labute approximate surface area is 225 Å². The van der Waals surface area contributed by atoms with Gasteiger partial charge >= 0.3 is 12.2 Å². The van der Waals surface area contributed by atoms with Crippen LogP contribution in [0.4, 0.5) is 26.3 Å². The van der Waals surface area contributed by atoms with E-state index in [1.807, 2.05) is 0 Å². The zero-order valence-corrected chi connectivity index (χ0v) is 21.9. The highest BCUT2D eigenvalue weighted by molar-refractivity contribution is 6.51. The third-order valence-corrected chi connectivity index (χ3v) is 6.14. The van der Waals surface area contributed by atoms with Gasteiger partial charge in [0.15, 0.2) is 0 Å². The number of carbonyl (C=O) groups excluding carboxylic acids is 1. The lowest BCUT2D eigenvalue weighted by Crippen LogP contribution is -2.29. The van der Waals surface area contributed by atoms with Gasteiger partial charge in [-0.2, -0.15) is 22.0 Å². The minimum Gasteiger partial charge on any atom is -0.287 e. The Morgan fingerprint density at radius 2 is 1.79 bits per heavy atom. The molecule has 0 radical (unpaired) electrons. The summed E-state index contributed by atoms with van der Waals surface area (Å²) in [4.78, 5) is 20.3. The van der Waals surface area contributed by atoms with E-state index < -0.39 is 46.4 Å². The molecule has 0 aromatic heterocycles. The van der Waals surface area contributed by atoms with Crippen molar-refractivity contribution in [2.45, 2.75) is 38.9 Å². The van der Waals surface area contributed by atoms with E-state index >= 15 is 4.39 Å². The van der Waals surface area contributed by atoms with E-state index in [0.717, 1.165) is 24.3 Å². The molecule has 204 valence electrons. The van der Waals surface area contributed by atoms with Gasteiger partial charge in [0.1, 0.15) is 22.6 Å². The Bertz CT molecular complexity index is 1300. The number of halogens is 8. The van der Waals surface area contributed by atoms with Crippen LogP contribution in [0.2, 0.25) is 5.02 Å². The maximum atomic E-state index is 15.2. The minimum atomic E-state index is -4.94. The van der Waals surface area contributed by atoms with Crippen LogP contribution in [0.15, 0.2) is 57.6 Å². The molecule has 0 amide bonds. The average Bonchev–Trinajstić information content (AvgIpc) is 2.82. The fourth-order valence-electron chi connectivity index (χ4n) is 3.46. The van der Waals surface area contributed by atoms with Crippen molar-refractivity contribution in [2.75, 3.05) is 6.54 Å². The summed E-state index contributed by atoms with van der Waals surface area (Å²) in [6.07, 6.45) is -3.69. The lowest BCUT2D eigenvalue weighted by Gasteiger charge is -2.20. The van der Waals surface area contributed by atoms with Crippen LogP contribution in [-0.2, 0) is 6.05 Å². The van der Waals surface area contributed by atoms with Gasteiger partial charge in [-0.1, -0.05) is 35.3 Å². The molecule has 2 aromatic rings. The predicted octanol–water partition coefficient (Wildman–Crippen LogP) is 8.05. The standard InChI is InChI=1S/C26H23Cl2F6N3O/c1-5-37-22(12-23(28)36-4)24(38)17-7-6-15(9-19(17)26(33,34)35)21(29)11-18(25(30,31)32)16-8-13(2)14(3)20(27)10-16/h6-12,18H,4-5,35H2,1-3H3/b21-11-,23-12-,37-22?. The van der Waals surface area contributed by atoms with Gasteiger partial charge in [0.2, 0.25) is 5.78 Å². The van der Waals surface area contributed by atoms with Crippen LogP contribution >= 0.6 is 23.2 Å². The number of Topliss-reactive ketones (excluding diaryl/α,β-unsaturated/α-hetero) is 1. The number of alkyl halides is 5. The Morgan fingerprint density at radius 1 is 1.16 bits per heavy atom. The van der Waals surface area contributed by atoms with Crippen molar-refractivity contribution in [2.24, 2.45) is 15.7 Å². The molecule has 12 heteroatoms. The summed E-state index contributed by atoms with van der Waals surface area (Å²) in [7, 11) is 0. The summed E-state index contributed by atoms with van der Waals surface area (Å²) in [6.45, 7) is 7.98. The number of allylic oxidation sites excluding steroid dienone is 2. The predicted molar refractivity (Wildman–Crippen MR) is 139 cm³/mol. The molecule has 2 N–H and O–H groups in total. The fraction of sp³-hybridized carbons (Fsp3) is 0.269. The molecule has 2 aromatic carbocycles. The summed E-state index contributed by atoms with van der Waals surface area (Å²) >= 11 is 11.8. The Hall–Kier alpha value is -2.95. The van der Waals surface area contributed by atoms with E-state index in [-0.39, 0.29) is 34.1 Å². The second-order valence-corrected chi connectivity index (χ2v) is 8.97. The smallest absolute Gasteiger partial charge is 0.287 e. The number of nitrogens with two attached hydrogens (primary N) is 1. The largest absolute Gasteiger partial charge is 0.399 e. The molecule has 4 nitrogen and oxygen atoms in total. The summed E-state index contributed by atoms with van der Waals surface area (Å²) in [5, 5.41) is -0.191. The third-order valence-electron chi connectivity index (χ3n) is 5.52. The third kappa shape index (κ3) is 7.55. The van der Waals surface area contributed by atoms with E-state index in [1.54, 1.807) is 20.8 Å². The number of aryl methyl sites for hydroxylation is 1. The number of aliphatic imine (C=N–C) groups is 2. The number of hydrogen-bond donors (Lipinski definition) is 1. The molecule has 1 atom stereocenters. The molecule has 0 bridgehead atoms. The van der Waals surface area contributed by atoms with Gasteiger partial charge in [0.25, 0.3) is 0 Å². The van der Waals surface area contributed by atoms with Crippen LogP contribution in [0.5, 0.6) is 0 Å². The molecule has 0 saturated heterocycles. The molecule has 0 fully saturated rings. The quantitative estimate of drug-likeness (QED) is 0.142. The molecule has 0 spiro atoms. The van der Waals surface area contributed by atoms with Crippen LogP contribution in [0.25, 0.3) is 5.83 Å². The number of rotatable bonds is 9. The summed E-state index contributed by atoms with van der Waals surface area (Å²) in [5.41, 5.74) is 2.83. The molecular formula is C26H23Cl2F6N3O. The highest BCUT2D eigenvalue weighted by atomic mass is 35.5. The van der Waals surface area contributed by atoms with E-state index in [0.29, 0.717) is 17.2 Å². The number of nitrogens with zero attached hydrogens (tertiary/aromatic N) is 2. The zero-order valence-electron chi connectivity index (χ0n) is 20.4. The Morgan fingerprint density at radius 3 is 2.29 bits per heavy atom. The fourth-order valence-corrected chi connectivity index (χ4v) is 3.84. The van der Waals surface area contributed by atoms with Gasteiger partial charge < -0.3 is 0 Å². The van der Waals surface area contributed by atoms with Crippen molar-refractivity contribution in [3.63, 3.8) is 0 Å². The van der Waals surface area contributed by atoms with Gasteiger partial charge in [0, 0.05) is 34.3 Å². The maximum Gasteiger partial charge on any atom is 0.399 e. The molecule has 0 aliphatic carbocycles. The molecule has 1 unspecified atom stereocenters. The summed E-state index contributed by atoms with van der Waals surface area (Å²) in [6, 6.07) is 0.350. The van der Waals surface area contributed by atoms with Gasteiger partial charge in [-0.05, 0) is 68.5 Å². The van der Waals surface area contributed by atoms with Crippen LogP contribution in [-0.4, -0.2) is 30.9 Å². The van der Waals surface area contributed by atoms with Gasteiger partial charge in [-0.25, -0.2) is 4.39 Å². The van der Waals surface area contributed by atoms with Gasteiger partial charge in [-0.15, -0.1) is 0 Å². The Kier molecular flexibility index (Phi) is 10.1. The van der Waals surface area contributed by atoms with Crippen LogP contribution in [0.1, 0.15) is 51.0 Å². The average molecular weight is 578 g/mol. The minimum absolute atomic E-state index is 0.0568. The first kappa shape index (κ1) is 31.3.